The predicted molar refractivity (Wildman–Crippen MR) is 85.8 cm³/mol. The Bertz CT molecular complexity index is 868. The molecule has 0 spiro atoms. The Labute approximate surface area is 140 Å². The quantitative estimate of drug-likeness (QED) is 0.616. The van der Waals surface area contributed by atoms with Crippen LogP contribution in [-0.4, -0.2) is 37.1 Å². The lowest BCUT2D eigenvalue weighted by molar-refractivity contribution is -0.384. The van der Waals surface area contributed by atoms with E-state index in [0.717, 1.165) is 33.8 Å². The molecule has 2 aromatic rings. The minimum atomic E-state index is -3.83. The zero-order chi connectivity index (χ0) is 17.9. The van der Waals surface area contributed by atoms with Crippen LogP contribution >= 0.6 is 11.3 Å². The smallest absolute Gasteiger partial charge is 0.271 e. The number of nitrogens with one attached hydrogen (secondary N) is 1. The summed E-state index contributed by atoms with van der Waals surface area (Å²) in [5.74, 6) is -1.69. The number of carbonyl (C=O) groups excluding carboxylic acids is 1. The molecule has 11 heteroatoms. The molecule has 1 aromatic heterocycles. The molecule has 0 bridgehead atoms. The van der Waals surface area contributed by atoms with Crippen molar-refractivity contribution in [1.82, 2.24) is 4.31 Å². The fourth-order valence-corrected chi connectivity index (χ4v) is 4.09. The highest BCUT2D eigenvalue weighted by Crippen LogP contribution is 2.22. The summed E-state index contributed by atoms with van der Waals surface area (Å²) in [5.41, 5.74) is -0.789. The van der Waals surface area contributed by atoms with Crippen LogP contribution in [0.2, 0.25) is 0 Å². The lowest BCUT2D eigenvalue weighted by atomic mass is 10.2. The monoisotopic (exact) mass is 373 g/mol. The normalized spacial score (nSPS) is 11.5. The second-order valence-electron chi connectivity index (χ2n) is 4.66. The predicted octanol–water partition coefficient (Wildman–Crippen LogP) is 2.05. The molecule has 1 N–H and O–H groups in total. The van der Waals surface area contributed by atoms with Crippen LogP contribution in [-0.2, 0) is 14.8 Å². The van der Waals surface area contributed by atoms with Crippen molar-refractivity contribution in [2.24, 2.45) is 0 Å². The molecule has 0 unspecified atom stereocenters. The molecule has 1 amide bonds. The number of rotatable bonds is 6. The molecule has 1 heterocycles. The summed E-state index contributed by atoms with van der Waals surface area (Å²) in [6, 6.07) is 5.62. The van der Waals surface area contributed by atoms with Gasteiger partial charge in [0.1, 0.15) is 10.0 Å². The molecule has 0 atom stereocenters. The summed E-state index contributed by atoms with van der Waals surface area (Å²) in [6.07, 6.45) is 0. The molecule has 0 aliphatic heterocycles. The van der Waals surface area contributed by atoms with Crippen molar-refractivity contribution in [3.05, 3.63) is 51.6 Å². The maximum absolute atomic E-state index is 13.6. The van der Waals surface area contributed by atoms with Crippen LogP contribution in [0, 0.1) is 15.9 Å². The number of sulfonamides is 1. The Hall–Kier alpha value is -2.37. The molecule has 2 rings (SSSR count). The lowest BCUT2D eigenvalue weighted by Crippen LogP contribution is -2.34. The molecular weight excluding hydrogens is 361 g/mol. The molecular formula is C13H12FN3O5S2. The van der Waals surface area contributed by atoms with Crippen LogP contribution in [0.4, 0.5) is 15.8 Å². The second-order valence-corrected chi connectivity index (χ2v) is 7.88. The number of nitrogens with zero attached hydrogens (tertiary/aromatic N) is 2. The number of nitro groups is 1. The molecule has 0 saturated carbocycles. The molecule has 1 aromatic carbocycles. The number of likely N-dealkylation sites (N-methyl/N-ethyl adjacent to an activating group) is 1. The Morgan fingerprint density at radius 2 is 2.12 bits per heavy atom. The van der Waals surface area contributed by atoms with Crippen molar-refractivity contribution in [3.63, 3.8) is 0 Å². The number of carbonyl (C=O) groups is 1. The largest absolute Gasteiger partial charge is 0.322 e. The Kier molecular flexibility index (Phi) is 5.26. The highest BCUT2D eigenvalue weighted by Gasteiger charge is 2.24. The van der Waals surface area contributed by atoms with Crippen LogP contribution in [0.5, 0.6) is 0 Å². The van der Waals surface area contributed by atoms with Gasteiger partial charge in [0, 0.05) is 19.2 Å². The minimum absolute atomic E-state index is 0.0688. The third-order valence-electron chi connectivity index (χ3n) is 2.96. The van der Waals surface area contributed by atoms with E-state index in [9.17, 15) is 27.7 Å². The standard InChI is InChI=1S/C13H12FN3O5S2/c1-16(24(21,22)13-3-2-6-23-13)8-12(18)15-11-7-9(17(19)20)4-5-10(11)14/h2-7H,8H2,1H3,(H,15,18). The van der Waals surface area contributed by atoms with Gasteiger partial charge in [0.2, 0.25) is 5.91 Å². The van der Waals surface area contributed by atoms with Crippen molar-refractivity contribution < 1.29 is 22.5 Å². The van der Waals surface area contributed by atoms with E-state index in [-0.39, 0.29) is 4.21 Å². The van der Waals surface area contributed by atoms with Gasteiger partial charge < -0.3 is 5.32 Å². The molecule has 0 aliphatic carbocycles. The minimum Gasteiger partial charge on any atom is -0.322 e. The molecule has 0 radical (unpaired) electrons. The highest BCUT2D eigenvalue weighted by molar-refractivity contribution is 7.91. The van der Waals surface area contributed by atoms with Crippen molar-refractivity contribution in [2.75, 3.05) is 18.9 Å². The molecule has 8 nitrogen and oxygen atoms in total. The van der Waals surface area contributed by atoms with E-state index >= 15 is 0 Å². The Balaban J connectivity index is 2.11. The zero-order valence-electron chi connectivity index (χ0n) is 12.3. The average Bonchev–Trinajstić information content (AvgIpc) is 3.04. The van der Waals surface area contributed by atoms with Gasteiger partial charge >= 0.3 is 0 Å². The van der Waals surface area contributed by atoms with E-state index in [1.54, 1.807) is 11.4 Å². The van der Waals surface area contributed by atoms with Crippen LogP contribution in [0.25, 0.3) is 0 Å². The van der Waals surface area contributed by atoms with Gasteiger partial charge in [-0.15, -0.1) is 11.3 Å². The van der Waals surface area contributed by atoms with Gasteiger partial charge in [0.05, 0.1) is 17.2 Å². The SMILES string of the molecule is CN(CC(=O)Nc1cc([N+](=O)[O-])ccc1F)S(=O)(=O)c1cccs1. The van der Waals surface area contributed by atoms with E-state index in [0.29, 0.717) is 0 Å². The summed E-state index contributed by atoms with van der Waals surface area (Å²) in [6.45, 7) is -0.567. The third kappa shape index (κ3) is 3.93. The van der Waals surface area contributed by atoms with Gasteiger partial charge in [-0.05, 0) is 17.5 Å². The van der Waals surface area contributed by atoms with Gasteiger partial charge in [0.25, 0.3) is 15.7 Å². The summed E-state index contributed by atoms with van der Waals surface area (Å²) in [7, 11) is -2.62. The lowest BCUT2D eigenvalue weighted by Gasteiger charge is -2.15. The topological polar surface area (TPSA) is 110 Å². The first-order valence-electron chi connectivity index (χ1n) is 6.45. The van der Waals surface area contributed by atoms with E-state index in [2.05, 4.69) is 5.32 Å². The number of nitro benzene ring substituents is 1. The van der Waals surface area contributed by atoms with Gasteiger partial charge in [-0.3, -0.25) is 14.9 Å². The first-order chi connectivity index (χ1) is 11.2. The molecule has 128 valence electrons. The Morgan fingerprint density at radius 3 is 2.71 bits per heavy atom. The first kappa shape index (κ1) is 18.0. The summed E-state index contributed by atoms with van der Waals surface area (Å²) in [4.78, 5) is 21.9. The van der Waals surface area contributed by atoms with E-state index in [1.807, 2.05) is 0 Å². The second kappa shape index (κ2) is 7.03. The number of halogens is 1. The number of hydrogen-bond donors (Lipinski definition) is 1. The van der Waals surface area contributed by atoms with Crippen LogP contribution in [0.15, 0.2) is 39.9 Å². The fourth-order valence-electron chi connectivity index (χ4n) is 1.76. The van der Waals surface area contributed by atoms with E-state index in [4.69, 9.17) is 0 Å². The number of thiophene rings is 1. The van der Waals surface area contributed by atoms with Crippen LogP contribution < -0.4 is 5.32 Å². The zero-order valence-corrected chi connectivity index (χ0v) is 13.9. The fraction of sp³-hybridized carbons (Fsp3) is 0.154. The molecule has 0 aliphatic rings. The van der Waals surface area contributed by atoms with E-state index < -0.39 is 44.6 Å². The number of hydrogen-bond acceptors (Lipinski definition) is 6. The molecule has 0 saturated heterocycles. The highest BCUT2D eigenvalue weighted by atomic mass is 32.2. The van der Waals surface area contributed by atoms with Gasteiger partial charge in [0.15, 0.2) is 0 Å². The maximum Gasteiger partial charge on any atom is 0.271 e. The van der Waals surface area contributed by atoms with E-state index in [1.165, 1.54) is 13.1 Å². The Morgan fingerprint density at radius 1 is 1.42 bits per heavy atom. The molecule has 24 heavy (non-hydrogen) atoms. The van der Waals surface area contributed by atoms with Gasteiger partial charge in [-0.25, -0.2) is 12.8 Å². The summed E-state index contributed by atoms with van der Waals surface area (Å²) < 4.78 is 38.9. The van der Waals surface area contributed by atoms with Crippen molar-refractivity contribution in [2.45, 2.75) is 4.21 Å². The maximum atomic E-state index is 13.6. The molecule has 0 fully saturated rings. The van der Waals surface area contributed by atoms with Gasteiger partial charge in [-0.1, -0.05) is 6.07 Å². The van der Waals surface area contributed by atoms with Crippen molar-refractivity contribution in [1.29, 1.82) is 0 Å². The number of non-ortho nitro benzene ring substituents is 1. The first-order valence-corrected chi connectivity index (χ1v) is 8.77. The average molecular weight is 373 g/mol. The van der Waals surface area contributed by atoms with Crippen LogP contribution in [0.3, 0.4) is 0 Å². The number of amides is 1. The summed E-state index contributed by atoms with van der Waals surface area (Å²) >= 11 is 1.00. The van der Waals surface area contributed by atoms with Gasteiger partial charge in [-0.2, -0.15) is 4.31 Å². The van der Waals surface area contributed by atoms with Crippen LogP contribution in [0.1, 0.15) is 0 Å². The third-order valence-corrected chi connectivity index (χ3v) is 6.14. The number of anilines is 1. The van der Waals surface area contributed by atoms with Crippen molar-refractivity contribution in [3.8, 4) is 0 Å². The number of benzene rings is 1. The summed E-state index contributed by atoms with van der Waals surface area (Å²) in [5, 5.41) is 14.4. The van der Waals surface area contributed by atoms with Crippen molar-refractivity contribution >= 4 is 38.6 Å².